The van der Waals surface area contributed by atoms with Gasteiger partial charge in [-0.3, -0.25) is 4.68 Å². The Balaban J connectivity index is 2.46. The third kappa shape index (κ3) is 3.70. The van der Waals surface area contributed by atoms with Gasteiger partial charge in [0.1, 0.15) is 0 Å². The largest absolute Gasteiger partial charge is 0.388 e. The zero-order valence-corrected chi connectivity index (χ0v) is 11.2. The predicted molar refractivity (Wildman–Crippen MR) is 70.9 cm³/mol. The minimum Gasteiger partial charge on any atom is -0.388 e. The van der Waals surface area contributed by atoms with E-state index >= 15 is 0 Å². The summed E-state index contributed by atoms with van der Waals surface area (Å²) in [5.41, 5.74) is 3.03. The average molecular weight is 236 g/mol. The molecule has 0 saturated heterocycles. The Morgan fingerprint density at radius 1 is 1.35 bits per heavy atom. The summed E-state index contributed by atoms with van der Waals surface area (Å²) in [7, 11) is 1.92. The predicted octanol–water partition coefficient (Wildman–Crippen LogP) is 3.21. The van der Waals surface area contributed by atoms with E-state index in [1.807, 2.05) is 31.7 Å². The molecule has 3 heteroatoms. The third-order valence-corrected chi connectivity index (χ3v) is 3.28. The van der Waals surface area contributed by atoms with Gasteiger partial charge in [-0.25, -0.2) is 0 Å². The highest BCUT2D eigenvalue weighted by molar-refractivity contribution is 5.26. The molecule has 1 N–H and O–H groups in total. The number of aryl methyl sites for hydroxylation is 2. The number of hydrogen-bond acceptors (Lipinski definition) is 2. The van der Waals surface area contributed by atoms with Crippen molar-refractivity contribution >= 4 is 0 Å². The summed E-state index contributed by atoms with van der Waals surface area (Å²) < 4.78 is 1.84. The topological polar surface area (TPSA) is 38.1 Å². The number of aliphatic hydroxyl groups excluding tert-OH is 1. The molecule has 1 aromatic rings. The first kappa shape index (κ1) is 14.0. The number of nitrogens with zero attached hydrogens (tertiary/aromatic N) is 2. The standard InChI is InChI=1S/C14H24N2O/c1-5-6-7-8-9-10-13(17)14-11(2)15-16(4)12(14)3/h5,13,17H,1,6-10H2,2-4H3. The summed E-state index contributed by atoms with van der Waals surface area (Å²) in [6, 6.07) is 0. The van der Waals surface area contributed by atoms with Crippen LogP contribution in [0.4, 0.5) is 0 Å². The second-order valence-electron chi connectivity index (χ2n) is 4.65. The maximum atomic E-state index is 10.2. The molecular weight excluding hydrogens is 212 g/mol. The van der Waals surface area contributed by atoms with E-state index in [4.69, 9.17) is 0 Å². The van der Waals surface area contributed by atoms with Gasteiger partial charge in [-0.2, -0.15) is 5.10 Å². The highest BCUT2D eigenvalue weighted by Gasteiger charge is 2.17. The van der Waals surface area contributed by atoms with Crippen molar-refractivity contribution < 1.29 is 5.11 Å². The zero-order chi connectivity index (χ0) is 12.8. The summed E-state index contributed by atoms with van der Waals surface area (Å²) in [6.45, 7) is 7.68. The Hall–Kier alpha value is -1.09. The zero-order valence-electron chi connectivity index (χ0n) is 11.2. The summed E-state index contributed by atoms with van der Waals surface area (Å²) in [6.07, 6.45) is 6.86. The van der Waals surface area contributed by atoms with Gasteiger partial charge in [-0.15, -0.1) is 6.58 Å². The lowest BCUT2D eigenvalue weighted by molar-refractivity contribution is 0.162. The molecule has 0 aromatic carbocycles. The fourth-order valence-corrected chi connectivity index (χ4v) is 2.22. The maximum Gasteiger partial charge on any atom is 0.0825 e. The van der Waals surface area contributed by atoms with Gasteiger partial charge >= 0.3 is 0 Å². The third-order valence-electron chi connectivity index (χ3n) is 3.28. The lowest BCUT2D eigenvalue weighted by Crippen LogP contribution is -2.01. The highest BCUT2D eigenvalue weighted by atomic mass is 16.3. The molecule has 96 valence electrons. The van der Waals surface area contributed by atoms with Crippen molar-refractivity contribution in [2.45, 2.75) is 52.1 Å². The van der Waals surface area contributed by atoms with Crippen LogP contribution in [0.1, 0.15) is 55.2 Å². The summed E-state index contributed by atoms with van der Waals surface area (Å²) in [4.78, 5) is 0. The smallest absolute Gasteiger partial charge is 0.0825 e. The van der Waals surface area contributed by atoms with Crippen molar-refractivity contribution in [3.8, 4) is 0 Å². The van der Waals surface area contributed by atoms with Crippen LogP contribution in [-0.4, -0.2) is 14.9 Å². The molecule has 1 heterocycles. The van der Waals surface area contributed by atoms with E-state index < -0.39 is 0 Å². The molecule has 1 rings (SSSR count). The number of unbranched alkanes of at least 4 members (excludes halogenated alkanes) is 3. The van der Waals surface area contributed by atoms with E-state index in [1.54, 1.807) is 0 Å². The van der Waals surface area contributed by atoms with E-state index in [0.29, 0.717) is 0 Å². The Morgan fingerprint density at radius 3 is 2.59 bits per heavy atom. The minimum atomic E-state index is -0.368. The first-order valence-corrected chi connectivity index (χ1v) is 6.37. The highest BCUT2D eigenvalue weighted by Crippen LogP contribution is 2.25. The van der Waals surface area contributed by atoms with Crippen molar-refractivity contribution in [3.63, 3.8) is 0 Å². The van der Waals surface area contributed by atoms with Crippen LogP contribution in [0.3, 0.4) is 0 Å². The molecule has 0 aliphatic carbocycles. The fourth-order valence-electron chi connectivity index (χ4n) is 2.22. The molecule has 1 atom stereocenters. The molecule has 1 unspecified atom stereocenters. The Bertz CT molecular complexity index is 369. The van der Waals surface area contributed by atoms with Gasteiger partial charge < -0.3 is 5.11 Å². The molecule has 0 saturated carbocycles. The average Bonchev–Trinajstić information content (AvgIpc) is 2.53. The van der Waals surface area contributed by atoms with E-state index in [2.05, 4.69) is 11.7 Å². The first-order valence-electron chi connectivity index (χ1n) is 6.37. The van der Waals surface area contributed by atoms with E-state index in [0.717, 1.165) is 42.6 Å². The number of aromatic nitrogens is 2. The lowest BCUT2D eigenvalue weighted by Gasteiger charge is -2.11. The lowest BCUT2D eigenvalue weighted by atomic mass is 10.0. The summed E-state index contributed by atoms with van der Waals surface area (Å²) in [5.74, 6) is 0. The van der Waals surface area contributed by atoms with Crippen molar-refractivity contribution in [2.75, 3.05) is 0 Å². The summed E-state index contributed by atoms with van der Waals surface area (Å²) >= 11 is 0. The van der Waals surface area contributed by atoms with Gasteiger partial charge in [-0.05, 0) is 33.1 Å². The van der Waals surface area contributed by atoms with Gasteiger partial charge in [0, 0.05) is 18.3 Å². The molecule has 0 amide bonds. The normalized spacial score (nSPS) is 12.7. The van der Waals surface area contributed by atoms with Crippen LogP contribution in [0.2, 0.25) is 0 Å². The first-order chi connectivity index (χ1) is 8.07. The number of aliphatic hydroxyl groups is 1. The van der Waals surface area contributed by atoms with Gasteiger partial charge in [0.25, 0.3) is 0 Å². The summed E-state index contributed by atoms with van der Waals surface area (Å²) in [5, 5.41) is 14.5. The van der Waals surface area contributed by atoms with E-state index in [-0.39, 0.29) is 6.10 Å². The van der Waals surface area contributed by atoms with Gasteiger partial charge in [-0.1, -0.05) is 18.9 Å². The second kappa shape index (κ2) is 6.60. The molecule has 0 spiro atoms. The van der Waals surface area contributed by atoms with Crippen LogP contribution >= 0.6 is 0 Å². The van der Waals surface area contributed by atoms with Crippen LogP contribution in [0.25, 0.3) is 0 Å². The molecule has 1 aromatic heterocycles. The van der Waals surface area contributed by atoms with Crippen LogP contribution < -0.4 is 0 Å². The molecule has 0 fully saturated rings. The molecular formula is C14H24N2O. The molecule has 0 bridgehead atoms. The quantitative estimate of drug-likeness (QED) is 0.583. The SMILES string of the molecule is C=CCCCCCC(O)c1c(C)nn(C)c1C. The van der Waals surface area contributed by atoms with Crippen LogP contribution in [0, 0.1) is 13.8 Å². The molecule has 0 aliphatic rings. The monoisotopic (exact) mass is 236 g/mol. The van der Waals surface area contributed by atoms with E-state index in [9.17, 15) is 5.11 Å². The van der Waals surface area contributed by atoms with Crippen LogP contribution in [0.15, 0.2) is 12.7 Å². The van der Waals surface area contributed by atoms with Crippen molar-refractivity contribution in [2.24, 2.45) is 7.05 Å². The van der Waals surface area contributed by atoms with Crippen LogP contribution in [0.5, 0.6) is 0 Å². The number of allylic oxidation sites excluding steroid dienone is 1. The van der Waals surface area contributed by atoms with Gasteiger partial charge in [0.05, 0.1) is 11.8 Å². The number of hydrogen-bond donors (Lipinski definition) is 1. The van der Waals surface area contributed by atoms with Crippen LogP contribution in [-0.2, 0) is 7.05 Å². The van der Waals surface area contributed by atoms with Gasteiger partial charge in [0.15, 0.2) is 0 Å². The Morgan fingerprint density at radius 2 is 2.06 bits per heavy atom. The van der Waals surface area contributed by atoms with Gasteiger partial charge in [0.2, 0.25) is 0 Å². The number of rotatable bonds is 7. The molecule has 3 nitrogen and oxygen atoms in total. The van der Waals surface area contributed by atoms with E-state index in [1.165, 1.54) is 6.42 Å². The van der Waals surface area contributed by atoms with Crippen molar-refractivity contribution in [3.05, 3.63) is 29.6 Å². The second-order valence-corrected chi connectivity index (χ2v) is 4.65. The maximum absolute atomic E-state index is 10.2. The molecule has 0 radical (unpaired) electrons. The van der Waals surface area contributed by atoms with Crippen molar-refractivity contribution in [1.29, 1.82) is 0 Å². The molecule has 17 heavy (non-hydrogen) atoms. The Kier molecular flexibility index (Phi) is 5.42. The minimum absolute atomic E-state index is 0.368. The molecule has 0 aliphatic heterocycles. The Labute approximate surface area is 104 Å². The fraction of sp³-hybridized carbons (Fsp3) is 0.643. The van der Waals surface area contributed by atoms with Crippen molar-refractivity contribution in [1.82, 2.24) is 9.78 Å².